The molecular formula is C11H23N5. The highest BCUT2D eigenvalue weighted by molar-refractivity contribution is 5.77. The predicted octanol–water partition coefficient (Wildman–Crippen LogP) is 0.566. The minimum Gasteiger partial charge on any atom is -0.375 e. The van der Waals surface area contributed by atoms with Crippen molar-refractivity contribution in [2.45, 2.75) is 20.3 Å². The first-order valence-corrected chi connectivity index (χ1v) is 5.59. The number of nitrogens with zero attached hydrogens (tertiary/aromatic N) is 2. The average molecular weight is 225 g/mol. The van der Waals surface area contributed by atoms with Crippen LogP contribution in [0.4, 0.5) is 0 Å². The highest BCUT2D eigenvalue weighted by Gasteiger charge is 1.96. The number of hydrogen-bond donors (Lipinski definition) is 3. The highest BCUT2D eigenvalue weighted by atomic mass is 15.2. The standard InChI is InChI=1S/C11H23N5/c1-3-5-7-14-9-11(15-13)10-16(4-2)8-6-12/h5,7,9-10,15H,3-4,6,8,12-13H2,1-2H3/b7-5-,11-10-,14-9-. The fraction of sp³-hybridized carbons (Fsp3) is 0.545. The molecule has 0 saturated carbocycles. The molecule has 5 heteroatoms. The molecule has 0 aliphatic rings. The van der Waals surface area contributed by atoms with Crippen molar-refractivity contribution in [3.8, 4) is 0 Å². The second-order valence-electron chi connectivity index (χ2n) is 3.22. The summed E-state index contributed by atoms with van der Waals surface area (Å²) in [5.74, 6) is 5.40. The number of nitrogens with one attached hydrogen (secondary N) is 1. The van der Waals surface area contributed by atoms with Crippen LogP contribution in [-0.2, 0) is 0 Å². The zero-order valence-electron chi connectivity index (χ0n) is 10.2. The molecule has 0 aromatic rings. The fourth-order valence-corrected chi connectivity index (χ4v) is 1.07. The Morgan fingerprint density at radius 2 is 2.19 bits per heavy atom. The van der Waals surface area contributed by atoms with Gasteiger partial charge in [-0.3, -0.25) is 10.8 Å². The Bertz CT molecular complexity index is 245. The van der Waals surface area contributed by atoms with Crippen molar-refractivity contribution in [3.63, 3.8) is 0 Å². The molecule has 0 atom stereocenters. The van der Waals surface area contributed by atoms with E-state index in [4.69, 9.17) is 11.6 Å². The Labute approximate surface area is 97.9 Å². The monoisotopic (exact) mass is 225 g/mol. The van der Waals surface area contributed by atoms with Crippen LogP contribution in [0.15, 0.2) is 29.2 Å². The van der Waals surface area contributed by atoms with Gasteiger partial charge in [-0.25, -0.2) is 0 Å². The third-order valence-electron chi connectivity index (χ3n) is 1.95. The maximum atomic E-state index is 5.49. The first kappa shape index (κ1) is 14.7. The molecule has 0 heterocycles. The van der Waals surface area contributed by atoms with Gasteiger partial charge in [0.2, 0.25) is 0 Å². The Morgan fingerprint density at radius 3 is 2.69 bits per heavy atom. The third kappa shape index (κ3) is 7.03. The van der Waals surface area contributed by atoms with E-state index in [9.17, 15) is 0 Å². The Balaban J connectivity index is 4.38. The summed E-state index contributed by atoms with van der Waals surface area (Å²) in [7, 11) is 0. The lowest BCUT2D eigenvalue weighted by molar-refractivity contribution is 0.403. The van der Waals surface area contributed by atoms with E-state index in [1.54, 1.807) is 12.4 Å². The summed E-state index contributed by atoms with van der Waals surface area (Å²) in [6.07, 6.45) is 8.30. The van der Waals surface area contributed by atoms with E-state index in [0.29, 0.717) is 6.54 Å². The molecular weight excluding hydrogens is 202 g/mol. The summed E-state index contributed by atoms with van der Waals surface area (Å²) in [4.78, 5) is 6.18. The molecule has 92 valence electrons. The Morgan fingerprint density at radius 1 is 1.44 bits per heavy atom. The van der Waals surface area contributed by atoms with Crippen LogP contribution in [0.1, 0.15) is 20.3 Å². The number of rotatable bonds is 8. The van der Waals surface area contributed by atoms with E-state index in [-0.39, 0.29) is 0 Å². The van der Waals surface area contributed by atoms with Gasteiger partial charge < -0.3 is 16.1 Å². The van der Waals surface area contributed by atoms with Gasteiger partial charge >= 0.3 is 0 Å². The summed E-state index contributed by atoms with van der Waals surface area (Å²) in [5.41, 5.74) is 8.85. The van der Waals surface area contributed by atoms with Gasteiger partial charge in [0.05, 0.1) is 11.9 Å². The summed E-state index contributed by atoms with van der Waals surface area (Å²) in [6, 6.07) is 0. The average Bonchev–Trinajstić information content (AvgIpc) is 2.31. The molecule has 0 aliphatic carbocycles. The second-order valence-corrected chi connectivity index (χ2v) is 3.22. The van der Waals surface area contributed by atoms with Crippen molar-refractivity contribution >= 4 is 6.21 Å². The molecule has 5 N–H and O–H groups in total. The van der Waals surface area contributed by atoms with Gasteiger partial charge in [-0.1, -0.05) is 13.0 Å². The first-order chi connectivity index (χ1) is 7.78. The number of aliphatic imine (C=N–C) groups is 1. The van der Waals surface area contributed by atoms with Crippen LogP contribution in [0.5, 0.6) is 0 Å². The molecule has 0 aliphatic heterocycles. The molecule has 0 fully saturated rings. The third-order valence-corrected chi connectivity index (χ3v) is 1.95. The van der Waals surface area contributed by atoms with Gasteiger partial charge in [-0.2, -0.15) is 0 Å². The quantitative estimate of drug-likeness (QED) is 0.320. The Hall–Kier alpha value is -1.33. The molecule has 0 saturated heterocycles. The predicted molar refractivity (Wildman–Crippen MR) is 69.6 cm³/mol. The van der Waals surface area contributed by atoms with Crippen molar-refractivity contribution in [1.29, 1.82) is 0 Å². The fourth-order valence-electron chi connectivity index (χ4n) is 1.07. The zero-order valence-corrected chi connectivity index (χ0v) is 10.2. The largest absolute Gasteiger partial charge is 0.375 e. The van der Waals surface area contributed by atoms with Crippen molar-refractivity contribution in [2.75, 3.05) is 19.6 Å². The molecule has 0 unspecified atom stereocenters. The molecule has 0 aromatic carbocycles. The molecule has 16 heavy (non-hydrogen) atoms. The molecule has 0 amide bonds. The van der Waals surface area contributed by atoms with Crippen LogP contribution in [0.25, 0.3) is 0 Å². The first-order valence-electron chi connectivity index (χ1n) is 5.59. The van der Waals surface area contributed by atoms with E-state index in [1.807, 2.05) is 12.3 Å². The van der Waals surface area contributed by atoms with Crippen molar-refractivity contribution in [3.05, 3.63) is 24.2 Å². The molecule has 0 spiro atoms. The van der Waals surface area contributed by atoms with Gasteiger partial charge in [0.1, 0.15) is 0 Å². The molecule has 0 bridgehead atoms. The van der Waals surface area contributed by atoms with Crippen LogP contribution in [0.3, 0.4) is 0 Å². The van der Waals surface area contributed by atoms with Crippen molar-refractivity contribution in [2.24, 2.45) is 16.6 Å². The van der Waals surface area contributed by atoms with Gasteiger partial charge in [-0.15, -0.1) is 0 Å². The molecule has 5 nitrogen and oxygen atoms in total. The maximum Gasteiger partial charge on any atom is 0.0829 e. The lowest BCUT2D eigenvalue weighted by Crippen LogP contribution is -2.29. The summed E-state index contributed by atoms with van der Waals surface area (Å²) in [6.45, 7) is 6.44. The summed E-state index contributed by atoms with van der Waals surface area (Å²) >= 11 is 0. The number of nitrogens with two attached hydrogens (primary N) is 2. The lowest BCUT2D eigenvalue weighted by atomic mass is 10.4. The van der Waals surface area contributed by atoms with Crippen LogP contribution in [0.2, 0.25) is 0 Å². The highest BCUT2D eigenvalue weighted by Crippen LogP contribution is 1.92. The van der Waals surface area contributed by atoms with Crippen molar-refractivity contribution < 1.29 is 0 Å². The van der Waals surface area contributed by atoms with Crippen LogP contribution in [0, 0.1) is 0 Å². The van der Waals surface area contributed by atoms with Gasteiger partial charge in [0, 0.05) is 32.0 Å². The lowest BCUT2D eigenvalue weighted by Gasteiger charge is -2.17. The van der Waals surface area contributed by atoms with Crippen LogP contribution in [-0.4, -0.2) is 30.7 Å². The number of hydrazine groups is 1. The van der Waals surface area contributed by atoms with Crippen LogP contribution < -0.4 is 17.0 Å². The number of likely N-dealkylation sites (N-methyl/N-ethyl adjacent to an activating group) is 1. The van der Waals surface area contributed by atoms with Gasteiger partial charge in [0.25, 0.3) is 0 Å². The van der Waals surface area contributed by atoms with E-state index < -0.39 is 0 Å². The SMILES string of the molecule is CC\C=C/N=C\C(=C\N(CC)CCN)NN. The maximum absolute atomic E-state index is 5.49. The smallest absolute Gasteiger partial charge is 0.0829 e. The van der Waals surface area contributed by atoms with E-state index in [1.165, 1.54) is 0 Å². The zero-order chi connectivity index (χ0) is 12.2. The summed E-state index contributed by atoms with van der Waals surface area (Å²) < 4.78 is 0. The summed E-state index contributed by atoms with van der Waals surface area (Å²) in [5, 5.41) is 0. The number of hydrogen-bond acceptors (Lipinski definition) is 5. The van der Waals surface area contributed by atoms with Crippen molar-refractivity contribution in [1.82, 2.24) is 10.3 Å². The van der Waals surface area contributed by atoms with E-state index in [0.717, 1.165) is 25.2 Å². The molecule has 0 radical (unpaired) electrons. The topological polar surface area (TPSA) is 79.7 Å². The molecule has 0 rings (SSSR count). The molecule has 0 aromatic heterocycles. The second kappa shape index (κ2) is 10.2. The van der Waals surface area contributed by atoms with Crippen LogP contribution >= 0.6 is 0 Å². The van der Waals surface area contributed by atoms with Gasteiger partial charge in [-0.05, 0) is 13.3 Å². The normalized spacial score (nSPS) is 12.6. The minimum atomic E-state index is 0.620. The number of allylic oxidation sites excluding steroid dienone is 2. The van der Waals surface area contributed by atoms with E-state index in [2.05, 4.69) is 29.2 Å². The van der Waals surface area contributed by atoms with E-state index >= 15 is 0 Å². The van der Waals surface area contributed by atoms with Gasteiger partial charge in [0.15, 0.2) is 0 Å². The minimum absolute atomic E-state index is 0.620. The Kier molecular flexibility index (Phi) is 9.35.